The van der Waals surface area contributed by atoms with E-state index < -0.39 is 71.2 Å². The monoisotopic (exact) mass is 756 g/mol. The number of carbonyl (C=O) groups is 2. The zero-order chi connectivity index (χ0) is 38.5. The maximum absolute atomic E-state index is 12.7. The highest BCUT2D eigenvalue weighted by molar-refractivity contribution is 7.85. The van der Waals surface area contributed by atoms with Gasteiger partial charge in [-0.25, -0.2) is 0 Å². The molecule has 6 atom stereocenters. The molecule has 0 aliphatic carbocycles. The van der Waals surface area contributed by atoms with Gasteiger partial charge in [-0.15, -0.1) is 0 Å². The second-order valence-electron chi connectivity index (χ2n) is 13.0. The summed E-state index contributed by atoms with van der Waals surface area (Å²) in [5.41, 5.74) is 0. The topological polar surface area (TPSA) is 186 Å². The minimum atomic E-state index is -4.61. The fraction of sp³-hybridized carbons (Fsp3) is 0.692. The lowest BCUT2D eigenvalue weighted by molar-refractivity contribution is -0.297. The highest BCUT2D eigenvalue weighted by Crippen LogP contribution is 2.24. The van der Waals surface area contributed by atoms with Crippen LogP contribution in [0, 0.1) is 0 Å². The summed E-state index contributed by atoms with van der Waals surface area (Å²) in [6, 6.07) is 0. The van der Waals surface area contributed by atoms with Gasteiger partial charge in [0.2, 0.25) is 0 Å². The van der Waals surface area contributed by atoms with Gasteiger partial charge in [-0.3, -0.25) is 14.1 Å². The van der Waals surface area contributed by atoms with Crippen LogP contribution in [0.2, 0.25) is 0 Å². The number of rotatable bonds is 29. The van der Waals surface area contributed by atoms with Crippen molar-refractivity contribution in [2.75, 3.05) is 19.0 Å². The van der Waals surface area contributed by atoms with Crippen LogP contribution in [0.15, 0.2) is 60.8 Å². The van der Waals surface area contributed by atoms with Gasteiger partial charge in [0.05, 0.1) is 6.61 Å². The van der Waals surface area contributed by atoms with Crippen molar-refractivity contribution >= 4 is 22.1 Å². The molecule has 0 amide bonds. The number of aliphatic hydroxyl groups excluding tert-OH is 3. The van der Waals surface area contributed by atoms with Crippen LogP contribution in [0.4, 0.5) is 0 Å². The van der Waals surface area contributed by atoms with E-state index >= 15 is 0 Å². The molecule has 1 heterocycles. The molecule has 3 unspecified atom stereocenters. The fourth-order valence-electron chi connectivity index (χ4n) is 5.29. The Morgan fingerprint density at radius 1 is 0.673 bits per heavy atom. The SMILES string of the molecule is CC/C=C/C=C/C=C/C=C/C=C/CCCC(=O)OC(COC(=O)CCCCCCCCCCCCC)CO[C@H]1O[C@H](CS(=O)(=O)O)[C@@H](O)C(O)C1O. The molecule has 1 saturated heterocycles. The van der Waals surface area contributed by atoms with Crippen molar-refractivity contribution in [3.05, 3.63) is 60.8 Å². The van der Waals surface area contributed by atoms with Crippen LogP contribution in [-0.2, 0) is 38.7 Å². The molecule has 1 aliphatic heterocycles. The van der Waals surface area contributed by atoms with Crippen molar-refractivity contribution in [3.8, 4) is 0 Å². The van der Waals surface area contributed by atoms with Crippen molar-refractivity contribution < 1.29 is 56.8 Å². The van der Waals surface area contributed by atoms with E-state index in [0.29, 0.717) is 19.3 Å². The van der Waals surface area contributed by atoms with Crippen LogP contribution >= 0.6 is 0 Å². The molecule has 1 aliphatic rings. The summed E-state index contributed by atoms with van der Waals surface area (Å²) in [6.07, 6.45) is 24.4. The van der Waals surface area contributed by atoms with Crippen molar-refractivity contribution in [1.29, 1.82) is 0 Å². The van der Waals surface area contributed by atoms with Crippen LogP contribution in [0.1, 0.15) is 117 Å². The molecule has 0 spiro atoms. The van der Waals surface area contributed by atoms with Crippen LogP contribution in [0.25, 0.3) is 0 Å². The Kier molecular flexibility index (Phi) is 27.1. The number of allylic oxidation sites excluding steroid dienone is 10. The predicted octanol–water partition coefficient (Wildman–Crippen LogP) is 6.22. The molecule has 0 aromatic rings. The molecular formula is C39H64O12S. The second-order valence-corrected chi connectivity index (χ2v) is 14.5. The van der Waals surface area contributed by atoms with E-state index in [9.17, 15) is 37.9 Å². The van der Waals surface area contributed by atoms with Gasteiger partial charge < -0.3 is 34.3 Å². The lowest BCUT2D eigenvalue weighted by Crippen LogP contribution is -2.60. The maximum atomic E-state index is 12.7. The largest absolute Gasteiger partial charge is 0.462 e. The van der Waals surface area contributed by atoms with Crippen LogP contribution in [0.5, 0.6) is 0 Å². The van der Waals surface area contributed by atoms with Gasteiger partial charge in [-0.1, -0.05) is 139 Å². The first-order chi connectivity index (χ1) is 25.0. The van der Waals surface area contributed by atoms with Crippen LogP contribution in [0.3, 0.4) is 0 Å². The van der Waals surface area contributed by atoms with E-state index in [1.165, 1.54) is 44.9 Å². The molecule has 0 radical (unpaired) electrons. The van der Waals surface area contributed by atoms with Gasteiger partial charge in [-0.05, 0) is 25.7 Å². The van der Waals surface area contributed by atoms with E-state index in [1.54, 1.807) is 0 Å². The first kappa shape index (κ1) is 47.4. The molecule has 298 valence electrons. The van der Waals surface area contributed by atoms with Crippen molar-refractivity contribution in [2.45, 2.75) is 153 Å². The Morgan fingerprint density at radius 3 is 1.79 bits per heavy atom. The smallest absolute Gasteiger partial charge is 0.306 e. The third-order valence-corrected chi connectivity index (χ3v) is 8.99. The third kappa shape index (κ3) is 24.6. The van der Waals surface area contributed by atoms with Crippen LogP contribution in [-0.4, -0.2) is 96.0 Å². The molecule has 4 N–H and O–H groups in total. The summed E-state index contributed by atoms with van der Waals surface area (Å²) in [5.74, 6) is -2.09. The zero-order valence-corrected chi connectivity index (χ0v) is 32.0. The standard InChI is InChI=1S/C39H64O12S/c1-3-5-7-9-11-13-15-16-18-20-22-24-26-28-35(41)50-32(29-48-34(40)27-25-23-21-19-17-14-12-10-8-6-4-2)30-49-39-38(44)37(43)36(42)33(51-39)31-52(45,46)47/h5,7,9,11,13,15-16,18,20,22,32-33,36-39,42-44H,3-4,6,8,10,12,14,17,19,21,23-31H2,1-2H3,(H,45,46,47)/b7-5+,11-9+,15-13+,18-16+,22-20+/t32?,33-,36-,37?,38?,39+/m1/s1. The van der Waals surface area contributed by atoms with E-state index in [4.69, 9.17) is 18.9 Å². The average Bonchev–Trinajstić information content (AvgIpc) is 3.10. The minimum absolute atomic E-state index is 0.0666. The van der Waals surface area contributed by atoms with Crippen LogP contribution < -0.4 is 0 Å². The van der Waals surface area contributed by atoms with Crippen molar-refractivity contribution in [3.63, 3.8) is 0 Å². The second kappa shape index (κ2) is 29.8. The summed E-state index contributed by atoms with van der Waals surface area (Å²) in [4.78, 5) is 25.2. The molecule has 0 saturated carbocycles. The average molecular weight is 757 g/mol. The van der Waals surface area contributed by atoms with E-state index in [-0.39, 0.29) is 19.4 Å². The molecule has 52 heavy (non-hydrogen) atoms. The molecule has 0 aromatic heterocycles. The number of aliphatic hydroxyl groups is 3. The Bertz CT molecular complexity index is 1210. The molecular weight excluding hydrogens is 692 g/mol. The normalized spacial score (nSPS) is 22.0. The number of hydrogen-bond donors (Lipinski definition) is 4. The molecule has 0 bridgehead atoms. The fourth-order valence-corrected chi connectivity index (χ4v) is 5.98. The quantitative estimate of drug-likeness (QED) is 0.0293. The predicted molar refractivity (Wildman–Crippen MR) is 201 cm³/mol. The lowest BCUT2D eigenvalue weighted by Gasteiger charge is -2.40. The van der Waals surface area contributed by atoms with E-state index in [0.717, 1.165) is 25.7 Å². The van der Waals surface area contributed by atoms with Crippen molar-refractivity contribution in [2.24, 2.45) is 0 Å². The molecule has 0 aromatic carbocycles. The maximum Gasteiger partial charge on any atom is 0.306 e. The van der Waals surface area contributed by atoms with Crippen molar-refractivity contribution in [1.82, 2.24) is 0 Å². The van der Waals surface area contributed by atoms with Gasteiger partial charge in [-0.2, -0.15) is 8.42 Å². The summed E-state index contributed by atoms with van der Waals surface area (Å²) in [6.45, 7) is 3.50. The Balaban J connectivity index is 2.61. The highest BCUT2D eigenvalue weighted by atomic mass is 32.2. The number of ether oxygens (including phenoxy) is 4. The number of unbranched alkanes of at least 4 members (excludes halogenated alkanes) is 11. The Hall–Kier alpha value is -2.65. The van der Waals surface area contributed by atoms with Gasteiger partial charge in [0.25, 0.3) is 10.1 Å². The Labute approximate surface area is 311 Å². The first-order valence-electron chi connectivity index (χ1n) is 18.9. The summed E-state index contributed by atoms with van der Waals surface area (Å²) in [7, 11) is -4.61. The van der Waals surface area contributed by atoms with E-state index in [2.05, 4.69) is 19.9 Å². The van der Waals surface area contributed by atoms with Gasteiger partial charge >= 0.3 is 11.9 Å². The van der Waals surface area contributed by atoms with E-state index in [1.807, 2.05) is 54.7 Å². The summed E-state index contributed by atoms with van der Waals surface area (Å²) in [5, 5.41) is 30.7. The molecule has 13 heteroatoms. The lowest BCUT2D eigenvalue weighted by atomic mass is 10.00. The van der Waals surface area contributed by atoms with Gasteiger partial charge in [0.15, 0.2) is 12.4 Å². The minimum Gasteiger partial charge on any atom is -0.462 e. The molecule has 12 nitrogen and oxygen atoms in total. The van der Waals surface area contributed by atoms with Gasteiger partial charge in [0, 0.05) is 12.8 Å². The summed E-state index contributed by atoms with van der Waals surface area (Å²) < 4.78 is 53.7. The third-order valence-electron chi connectivity index (χ3n) is 8.24. The number of hydrogen-bond acceptors (Lipinski definition) is 11. The number of carbonyl (C=O) groups excluding carboxylic acids is 2. The molecule has 1 fully saturated rings. The number of esters is 2. The zero-order valence-electron chi connectivity index (χ0n) is 31.1. The summed E-state index contributed by atoms with van der Waals surface area (Å²) >= 11 is 0. The Morgan fingerprint density at radius 2 is 1.21 bits per heavy atom. The highest BCUT2D eigenvalue weighted by Gasteiger charge is 2.46. The first-order valence-corrected chi connectivity index (χ1v) is 20.5. The van der Waals surface area contributed by atoms with Gasteiger partial charge in [0.1, 0.15) is 36.8 Å². The molecule has 1 rings (SSSR count).